The molecule has 1 atom stereocenters. The Kier molecular flexibility index (Phi) is 6.83. The Balaban J connectivity index is 1.55. The highest BCUT2D eigenvalue weighted by atomic mass is 16.5. The minimum atomic E-state index is -0.420. The molecular weight excluding hydrogens is 384 g/mol. The Morgan fingerprint density at radius 1 is 1.27 bits per heavy atom. The molecule has 0 spiro atoms. The number of ether oxygens (including phenoxy) is 1. The molecule has 0 saturated carbocycles. The maximum atomic E-state index is 12.0. The van der Waals surface area contributed by atoms with Crippen molar-refractivity contribution < 1.29 is 14.3 Å². The van der Waals surface area contributed by atoms with Gasteiger partial charge in [0, 0.05) is 39.8 Å². The molecule has 1 aromatic rings. The van der Waals surface area contributed by atoms with Crippen LogP contribution in [-0.2, 0) is 16.1 Å². The van der Waals surface area contributed by atoms with Crippen LogP contribution in [0.3, 0.4) is 0 Å². The highest BCUT2D eigenvalue weighted by Gasteiger charge is 2.26. The van der Waals surface area contributed by atoms with Gasteiger partial charge in [0.2, 0.25) is 0 Å². The summed E-state index contributed by atoms with van der Waals surface area (Å²) in [5.41, 5.74) is 13.8. The molecule has 0 aliphatic carbocycles. The second-order valence-corrected chi connectivity index (χ2v) is 7.39. The van der Waals surface area contributed by atoms with Gasteiger partial charge in [0.1, 0.15) is 5.75 Å². The number of benzene rings is 1. The molecule has 9 heteroatoms. The topological polar surface area (TPSA) is 126 Å². The summed E-state index contributed by atoms with van der Waals surface area (Å²) in [6, 6.07) is 5.94. The third-order valence-electron chi connectivity index (χ3n) is 5.30. The van der Waals surface area contributed by atoms with E-state index in [0.29, 0.717) is 12.2 Å². The van der Waals surface area contributed by atoms with E-state index in [-0.39, 0.29) is 17.5 Å². The molecule has 1 fully saturated rings. The molecule has 9 nitrogen and oxygen atoms in total. The number of hydrogen-bond donors (Lipinski definition) is 4. The third-order valence-corrected chi connectivity index (χ3v) is 5.30. The van der Waals surface area contributed by atoms with Crippen molar-refractivity contribution >= 4 is 17.5 Å². The van der Waals surface area contributed by atoms with Crippen molar-refractivity contribution in [3.8, 4) is 5.75 Å². The van der Waals surface area contributed by atoms with Gasteiger partial charge in [-0.15, -0.1) is 0 Å². The second kappa shape index (κ2) is 9.53. The van der Waals surface area contributed by atoms with Gasteiger partial charge in [0.05, 0.1) is 17.2 Å². The Labute approximate surface area is 176 Å². The van der Waals surface area contributed by atoms with Gasteiger partial charge >= 0.3 is 0 Å². The molecule has 2 heterocycles. The van der Waals surface area contributed by atoms with E-state index >= 15 is 0 Å². The predicted octanol–water partition coefficient (Wildman–Crippen LogP) is 0.302. The molecule has 0 unspecified atom stereocenters. The first-order valence-corrected chi connectivity index (χ1v) is 10.1. The summed E-state index contributed by atoms with van der Waals surface area (Å²) in [6.07, 6.45) is 3.41. The van der Waals surface area contributed by atoms with Crippen LogP contribution in [0.5, 0.6) is 5.75 Å². The lowest BCUT2D eigenvalue weighted by atomic mass is 10.1. The maximum absolute atomic E-state index is 12.0. The van der Waals surface area contributed by atoms with Crippen LogP contribution in [0.2, 0.25) is 0 Å². The van der Waals surface area contributed by atoms with Gasteiger partial charge in [-0.1, -0.05) is 13.0 Å². The van der Waals surface area contributed by atoms with E-state index in [4.69, 9.17) is 16.2 Å². The molecule has 2 aliphatic heterocycles. The zero-order valence-electron chi connectivity index (χ0n) is 17.5. The molecule has 2 amide bonds. The molecule has 3 rings (SSSR count). The molecule has 1 aromatic carbocycles. The molecule has 1 saturated heterocycles. The van der Waals surface area contributed by atoms with Gasteiger partial charge in [-0.3, -0.25) is 14.5 Å². The highest BCUT2D eigenvalue weighted by molar-refractivity contribution is 5.97. The van der Waals surface area contributed by atoms with E-state index in [2.05, 4.69) is 20.4 Å². The minimum absolute atomic E-state index is 0.0934. The van der Waals surface area contributed by atoms with Crippen molar-refractivity contribution in [2.75, 3.05) is 38.5 Å². The molecule has 2 aliphatic rings. The van der Waals surface area contributed by atoms with Crippen molar-refractivity contribution in [2.45, 2.75) is 26.0 Å². The predicted molar refractivity (Wildman–Crippen MR) is 115 cm³/mol. The van der Waals surface area contributed by atoms with Crippen LogP contribution in [0.1, 0.15) is 18.9 Å². The van der Waals surface area contributed by atoms with Gasteiger partial charge in [0.25, 0.3) is 11.8 Å². The van der Waals surface area contributed by atoms with E-state index in [1.165, 1.54) is 13.1 Å². The largest absolute Gasteiger partial charge is 0.478 e. The molecule has 0 bridgehead atoms. The fourth-order valence-corrected chi connectivity index (χ4v) is 3.49. The van der Waals surface area contributed by atoms with Crippen molar-refractivity contribution in [1.82, 2.24) is 15.1 Å². The number of anilines is 1. The van der Waals surface area contributed by atoms with Crippen LogP contribution >= 0.6 is 0 Å². The number of allylic oxidation sites excluding steroid dienone is 2. The summed E-state index contributed by atoms with van der Waals surface area (Å²) < 4.78 is 5.75. The third kappa shape index (κ3) is 5.04. The van der Waals surface area contributed by atoms with Crippen molar-refractivity contribution in [3.05, 3.63) is 47.4 Å². The average molecular weight is 415 g/mol. The van der Waals surface area contributed by atoms with Crippen molar-refractivity contribution in [3.63, 3.8) is 0 Å². The van der Waals surface area contributed by atoms with Gasteiger partial charge in [-0.05, 0) is 36.3 Å². The molecule has 30 heavy (non-hydrogen) atoms. The fraction of sp³-hybridized carbons (Fsp3) is 0.429. The van der Waals surface area contributed by atoms with E-state index < -0.39 is 6.10 Å². The number of piperazine rings is 1. The lowest BCUT2D eigenvalue weighted by molar-refractivity contribution is -0.123. The number of hydrogen-bond acceptors (Lipinski definition) is 7. The maximum Gasteiger partial charge on any atom is 0.266 e. The number of nitrogens with one attached hydrogen (secondary N) is 2. The minimum Gasteiger partial charge on any atom is -0.478 e. The quantitative estimate of drug-likeness (QED) is 0.390. The Hall–Kier alpha value is -3.20. The van der Waals surface area contributed by atoms with E-state index in [1.54, 1.807) is 6.08 Å². The van der Waals surface area contributed by atoms with Gasteiger partial charge in [-0.25, -0.2) is 0 Å². The monoisotopic (exact) mass is 414 g/mol. The molecule has 0 aromatic heterocycles. The zero-order chi connectivity index (χ0) is 21.7. The number of fused-ring (bicyclic) bond motifs is 1. The summed E-state index contributed by atoms with van der Waals surface area (Å²) in [4.78, 5) is 27.9. The number of nitrogens with zero attached hydrogens (tertiary/aromatic N) is 2. The van der Waals surface area contributed by atoms with Crippen LogP contribution in [-0.4, -0.2) is 60.9 Å². The number of carbonyl (C=O) groups excluding carboxylic acids is 2. The Morgan fingerprint density at radius 2 is 2.00 bits per heavy atom. The van der Waals surface area contributed by atoms with Gasteiger partial charge < -0.3 is 31.7 Å². The van der Waals surface area contributed by atoms with Crippen molar-refractivity contribution in [2.24, 2.45) is 11.5 Å². The summed E-state index contributed by atoms with van der Waals surface area (Å²) in [5, 5.41) is 5.41. The summed E-state index contributed by atoms with van der Waals surface area (Å²) >= 11 is 0. The molecule has 0 radical (unpaired) electrons. The fourth-order valence-electron chi connectivity index (χ4n) is 3.49. The number of carbonyl (C=O) groups is 2. The first-order chi connectivity index (χ1) is 14.4. The average Bonchev–Trinajstić information content (AvgIpc) is 2.76. The molecule has 162 valence electrons. The zero-order valence-corrected chi connectivity index (χ0v) is 17.5. The Morgan fingerprint density at radius 3 is 2.67 bits per heavy atom. The highest BCUT2D eigenvalue weighted by Crippen LogP contribution is 2.31. The standard InChI is InChI=1S/C21H30N6O3/c1-3-17-21(29)25-16-12-14(4-6-18(16)30-17)13-26-8-10-27(11-9-26)19(23)7-5-15(22)20(28)24-2/h4-7,12,17H,3,8-11,13,22-23H2,1-2H3,(H,24,28)(H,25,29)/b15-5-,19-7+/t17-/m1/s1. The first kappa shape index (κ1) is 21.5. The summed E-state index contributed by atoms with van der Waals surface area (Å²) in [6.45, 7) is 5.96. The number of amides is 2. The van der Waals surface area contributed by atoms with Crippen LogP contribution < -0.4 is 26.8 Å². The van der Waals surface area contributed by atoms with Crippen LogP contribution in [0, 0.1) is 0 Å². The van der Waals surface area contributed by atoms with Crippen LogP contribution in [0.15, 0.2) is 41.9 Å². The van der Waals surface area contributed by atoms with Gasteiger partial charge in [0.15, 0.2) is 6.10 Å². The molecular formula is C21H30N6O3. The summed E-state index contributed by atoms with van der Waals surface area (Å²) in [5.74, 6) is 0.877. The number of nitrogens with two attached hydrogens (primary N) is 2. The second-order valence-electron chi connectivity index (χ2n) is 7.39. The summed E-state index contributed by atoms with van der Waals surface area (Å²) in [7, 11) is 1.53. The van der Waals surface area contributed by atoms with Crippen LogP contribution in [0.4, 0.5) is 5.69 Å². The smallest absolute Gasteiger partial charge is 0.266 e. The van der Waals surface area contributed by atoms with E-state index in [9.17, 15) is 9.59 Å². The number of likely N-dealkylation sites (N-methyl/N-ethyl adjacent to an activating group) is 1. The lowest BCUT2D eigenvalue weighted by Gasteiger charge is -2.36. The van der Waals surface area contributed by atoms with E-state index in [1.807, 2.05) is 25.1 Å². The first-order valence-electron chi connectivity index (χ1n) is 10.1. The number of rotatable bonds is 6. The Bertz CT molecular complexity index is 858. The molecule has 6 N–H and O–H groups in total. The van der Waals surface area contributed by atoms with Crippen molar-refractivity contribution in [1.29, 1.82) is 0 Å². The lowest BCUT2D eigenvalue weighted by Crippen LogP contribution is -2.46. The van der Waals surface area contributed by atoms with Crippen LogP contribution in [0.25, 0.3) is 0 Å². The normalized spacial score (nSPS) is 20.3. The van der Waals surface area contributed by atoms with E-state index in [0.717, 1.165) is 49.7 Å². The SMILES string of the molecule is CC[C@H]1Oc2ccc(CN3CCN(/C(N)=C/C=C(\N)C(=O)NC)CC3)cc2NC1=O. The van der Waals surface area contributed by atoms with Gasteiger partial charge in [-0.2, -0.15) is 0 Å².